The Labute approximate surface area is 240 Å². The Balaban J connectivity index is 1.65. The van der Waals surface area contributed by atoms with Gasteiger partial charge in [0.15, 0.2) is 0 Å². The van der Waals surface area contributed by atoms with Crippen molar-refractivity contribution in [3.8, 4) is 17.1 Å². The number of rotatable bonds is 9. The molecule has 11 heteroatoms. The van der Waals surface area contributed by atoms with Crippen molar-refractivity contribution in [3.63, 3.8) is 0 Å². The number of hydrogen-bond donors (Lipinski definition) is 0. The summed E-state index contributed by atoms with van der Waals surface area (Å²) in [6.45, 7) is 14.0. The number of benzene rings is 1. The summed E-state index contributed by atoms with van der Waals surface area (Å²) in [7, 11) is -1.23. The second-order valence-electron chi connectivity index (χ2n) is 12.0. The monoisotopic (exact) mass is 615 g/mol. The molecule has 9 nitrogen and oxygen atoms in total. The SMILES string of the molecule is CC(C)(C)OC(=O)N1C[C@@H](Oc2cnccn2)C[C@H]1c1nc(-c2ccc(Br)cc2)cn1COCC[Si](C)(C)C. The Morgan fingerprint density at radius 1 is 1.15 bits per heavy atom. The third-order valence-electron chi connectivity index (χ3n) is 6.19. The van der Waals surface area contributed by atoms with Crippen LogP contribution in [0.3, 0.4) is 0 Å². The van der Waals surface area contributed by atoms with Crippen molar-refractivity contribution in [2.75, 3.05) is 13.2 Å². The zero-order valence-corrected chi connectivity index (χ0v) is 26.1. The van der Waals surface area contributed by atoms with Crippen LogP contribution in [0.5, 0.6) is 5.88 Å². The van der Waals surface area contributed by atoms with Crippen LogP contribution in [-0.4, -0.2) is 63.4 Å². The van der Waals surface area contributed by atoms with Gasteiger partial charge in [0.05, 0.1) is 24.5 Å². The summed E-state index contributed by atoms with van der Waals surface area (Å²) >= 11 is 3.51. The van der Waals surface area contributed by atoms with Gasteiger partial charge >= 0.3 is 6.09 Å². The van der Waals surface area contributed by atoms with E-state index in [4.69, 9.17) is 19.2 Å². The second-order valence-corrected chi connectivity index (χ2v) is 18.5. The minimum absolute atomic E-state index is 0.298. The fourth-order valence-corrected chi connectivity index (χ4v) is 5.29. The molecular weight excluding hydrogens is 578 g/mol. The summed E-state index contributed by atoms with van der Waals surface area (Å²) in [6, 6.07) is 8.72. The van der Waals surface area contributed by atoms with Crippen molar-refractivity contribution < 1.29 is 19.0 Å². The molecule has 2 atom stereocenters. The third kappa shape index (κ3) is 8.36. The molecule has 0 spiro atoms. The zero-order valence-electron chi connectivity index (χ0n) is 23.6. The van der Waals surface area contributed by atoms with E-state index in [1.165, 1.54) is 0 Å². The molecule has 3 aromatic rings. The van der Waals surface area contributed by atoms with Crippen molar-refractivity contribution in [3.05, 3.63) is 59.3 Å². The van der Waals surface area contributed by atoms with Gasteiger partial charge in [0.25, 0.3) is 0 Å². The van der Waals surface area contributed by atoms with E-state index in [2.05, 4.69) is 45.5 Å². The molecule has 0 radical (unpaired) electrons. The van der Waals surface area contributed by atoms with Gasteiger partial charge in [-0.05, 0) is 38.9 Å². The van der Waals surface area contributed by atoms with Crippen molar-refractivity contribution in [1.82, 2.24) is 24.4 Å². The minimum atomic E-state index is -1.23. The summed E-state index contributed by atoms with van der Waals surface area (Å²) in [6.07, 6.45) is 6.58. The summed E-state index contributed by atoms with van der Waals surface area (Å²) in [5.41, 5.74) is 1.16. The fourth-order valence-electron chi connectivity index (χ4n) is 4.27. The standard InChI is InChI=1S/C28H38BrN5O4Si/c1-28(2,3)38-27(35)34-17-22(37-25-16-30-11-12-31-25)15-24(34)26-32-23(20-7-9-21(29)10-8-20)18-33(26)19-36-13-14-39(4,5)6/h7-12,16,18,22,24H,13-15,17,19H2,1-6H3/t22-,24-/m0/s1. The van der Waals surface area contributed by atoms with Gasteiger partial charge in [-0.1, -0.05) is 47.7 Å². The number of aromatic nitrogens is 4. The Kier molecular flexibility index (Phi) is 9.13. The van der Waals surface area contributed by atoms with E-state index >= 15 is 0 Å². The molecule has 3 heterocycles. The maximum atomic E-state index is 13.4. The van der Waals surface area contributed by atoms with Gasteiger partial charge in [0, 0.05) is 49.7 Å². The summed E-state index contributed by atoms with van der Waals surface area (Å²) < 4.78 is 21.0. The first-order chi connectivity index (χ1) is 18.4. The molecule has 0 aliphatic carbocycles. The molecule has 1 aromatic carbocycles. The number of hydrogen-bond acceptors (Lipinski definition) is 7. The quantitative estimate of drug-likeness (QED) is 0.199. The Morgan fingerprint density at radius 2 is 1.90 bits per heavy atom. The number of halogens is 1. The maximum Gasteiger partial charge on any atom is 0.411 e. The van der Waals surface area contributed by atoms with E-state index in [0.29, 0.717) is 32.2 Å². The Bertz CT molecular complexity index is 1240. The molecule has 0 N–H and O–H groups in total. The van der Waals surface area contributed by atoms with Gasteiger partial charge in [-0.25, -0.2) is 14.8 Å². The number of carbonyl (C=O) groups is 1. The third-order valence-corrected chi connectivity index (χ3v) is 8.42. The van der Waals surface area contributed by atoms with Crippen molar-refractivity contribution in [2.45, 2.75) is 77.4 Å². The molecule has 0 bridgehead atoms. The van der Waals surface area contributed by atoms with Crippen LogP contribution in [-0.2, 0) is 16.2 Å². The highest BCUT2D eigenvalue weighted by atomic mass is 79.9. The topological polar surface area (TPSA) is 91.6 Å². The summed E-state index contributed by atoms with van der Waals surface area (Å²) in [4.78, 5) is 28.5. The molecular formula is C28H38BrN5O4Si. The molecule has 1 aliphatic heterocycles. The largest absolute Gasteiger partial charge is 0.471 e. The summed E-state index contributed by atoms with van der Waals surface area (Å²) in [5, 5.41) is 0. The highest BCUT2D eigenvalue weighted by Gasteiger charge is 2.42. The molecule has 210 valence electrons. The fraction of sp³-hybridized carbons (Fsp3) is 0.500. The predicted octanol–water partition coefficient (Wildman–Crippen LogP) is 6.54. The highest BCUT2D eigenvalue weighted by Crippen LogP contribution is 2.36. The lowest BCUT2D eigenvalue weighted by Crippen LogP contribution is -2.38. The molecule has 1 amide bonds. The molecule has 2 aromatic heterocycles. The van der Waals surface area contributed by atoms with E-state index in [1.54, 1.807) is 23.5 Å². The van der Waals surface area contributed by atoms with Gasteiger partial charge in [-0.3, -0.25) is 9.88 Å². The molecule has 0 saturated carbocycles. The van der Waals surface area contributed by atoms with Crippen LogP contribution < -0.4 is 4.74 Å². The van der Waals surface area contributed by atoms with Crippen LogP contribution in [0, 0.1) is 0 Å². The van der Waals surface area contributed by atoms with E-state index < -0.39 is 19.8 Å². The van der Waals surface area contributed by atoms with Gasteiger partial charge in [0.1, 0.15) is 24.3 Å². The molecule has 1 fully saturated rings. The van der Waals surface area contributed by atoms with E-state index in [9.17, 15) is 4.79 Å². The van der Waals surface area contributed by atoms with Crippen molar-refractivity contribution in [2.24, 2.45) is 0 Å². The normalized spacial score (nSPS) is 17.9. The number of imidazole rings is 1. The van der Waals surface area contributed by atoms with E-state index in [-0.39, 0.29) is 12.1 Å². The lowest BCUT2D eigenvalue weighted by atomic mass is 10.1. The molecule has 0 unspecified atom stereocenters. The first kappa shape index (κ1) is 29.2. The van der Waals surface area contributed by atoms with Gasteiger partial charge in [0.2, 0.25) is 5.88 Å². The van der Waals surface area contributed by atoms with Crippen LogP contribution in [0.2, 0.25) is 25.7 Å². The van der Waals surface area contributed by atoms with E-state index in [0.717, 1.165) is 27.6 Å². The van der Waals surface area contributed by atoms with E-state index in [1.807, 2.05) is 55.8 Å². The predicted molar refractivity (Wildman–Crippen MR) is 156 cm³/mol. The van der Waals surface area contributed by atoms with Crippen molar-refractivity contribution >= 4 is 30.1 Å². The Hall–Kier alpha value is -2.76. The molecule has 1 saturated heterocycles. The second kappa shape index (κ2) is 12.2. The highest BCUT2D eigenvalue weighted by molar-refractivity contribution is 9.10. The lowest BCUT2D eigenvalue weighted by Gasteiger charge is -2.28. The lowest BCUT2D eigenvalue weighted by molar-refractivity contribution is 0.0191. The number of carbonyl (C=O) groups excluding carboxylic acids is 1. The van der Waals surface area contributed by atoms with Crippen molar-refractivity contribution in [1.29, 1.82) is 0 Å². The maximum absolute atomic E-state index is 13.4. The average Bonchev–Trinajstić information content (AvgIpc) is 3.46. The van der Waals surface area contributed by atoms with Crippen LogP contribution in [0.1, 0.15) is 39.1 Å². The first-order valence-electron chi connectivity index (χ1n) is 13.2. The average molecular weight is 617 g/mol. The van der Waals surface area contributed by atoms with Crippen LogP contribution in [0.4, 0.5) is 4.79 Å². The van der Waals surface area contributed by atoms with Crippen LogP contribution in [0.25, 0.3) is 11.3 Å². The van der Waals surface area contributed by atoms with Gasteiger partial charge < -0.3 is 18.8 Å². The van der Waals surface area contributed by atoms with Gasteiger partial charge in [-0.15, -0.1) is 0 Å². The first-order valence-corrected chi connectivity index (χ1v) is 17.7. The minimum Gasteiger partial charge on any atom is -0.471 e. The number of ether oxygens (including phenoxy) is 3. The zero-order chi connectivity index (χ0) is 28.2. The Morgan fingerprint density at radius 3 is 2.54 bits per heavy atom. The summed E-state index contributed by atoms with van der Waals surface area (Å²) in [5.74, 6) is 1.15. The number of nitrogens with zero attached hydrogens (tertiary/aromatic N) is 5. The molecule has 39 heavy (non-hydrogen) atoms. The van der Waals surface area contributed by atoms with Gasteiger partial charge in [-0.2, -0.15) is 0 Å². The van der Waals surface area contributed by atoms with Crippen LogP contribution >= 0.6 is 15.9 Å². The van der Waals surface area contributed by atoms with Crippen LogP contribution in [0.15, 0.2) is 53.5 Å². The number of amides is 1. The number of likely N-dealkylation sites (tertiary alicyclic amines) is 1. The smallest absolute Gasteiger partial charge is 0.411 e. The molecule has 4 rings (SSSR count). The molecule has 1 aliphatic rings.